The zero-order valence-electron chi connectivity index (χ0n) is 16.5. The Bertz CT molecular complexity index is 818. The summed E-state index contributed by atoms with van der Waals surface area (Å²) in [4.78, 5) is 27.3. The minimum atomic E-state index is -0.535. The molecule has 5 heteroatoms. The number of rotatable bonds is 3. The van der Waals surface area contributed by atoms with E-state index in [0.29, 0.717) is 11.4 Å². The minimum absolute atomic E-state index is 0.133. The molecule has 2 heterocycles. The van der Waals surface area contributed by atoms with Gasteiger partial charge in [-0.1, -0.05) is 25.5 Å². The lowest BCUT2D eigenvalue weighted by Gasteiger charge is -2.31. The van der Waals surface area contributed by atoms with Crippen molar-refractivity contribution in [3.8, 4) is 0 Å². The lowest BCUT2D eigenvalue weighted by Crippen LogP contribution is -2.32. The number of aromatic nitrogens is 1. The second-order valence-electron chi connectivity index (χ2n) is 6.55. The summed E-state index contributed by atoms with van der Waals surface area (Å²) in [5.74, 6) is -0.535. The third kappa shape index (κ3) is 4.15. The summed E-state index contributed by atoms with van der Waals surface area (Å²) < 4.78 is 7.19. The average molecular weight is 358 g/mol. The SMILES string of the molecule is CC.CCOC(=O)c1cn(C2CCN(C)CC2)c2ccc(C)cc2c1=O. The molecule has 0 atom stereocenters. The Balaban J connectivity index is 0.00000117. The van der Waals surface area contributed by atoms with E-state index in [0.717, 1.165) is 37.0 Å². The average Bonchev–Trinajstić information content (AvgIpc) is 2.65. The van der Waals surface area contributed by atoms with E-state index >= 15 is 0 Å². The molecule has 1 aliphatic rings. The Hall–Kier alpha value is -2.14. The Morgan fingerprint density at radius 2 is 1.88 bits per heavy atom. The van der Waals surface area contributed by atoms with Gasteiger partial charge in [0.1, 0.15) is 5.56 Å². The number of carbonyl (C=O) groups is 1. The van der Waals surface area contributed by atoms with Crippen LogP contribution in [0.3, 0.4) is 0 Å². The molecule has 0 saturated carbocycles. The predicted octanol–water partition coefficient (Wildman–Crippen LogP) is 3.78. The van der Waals surface area contributed by atoms with Gasteiger partial charge in [0, 0.05) is 17.6 Å². The number of likely N-dealkylation sites (tertiary alicyclic amines) is 1. The number of aryl methyl sites for hydroxylation is 1. The Kier molecular flexibility index (Phi) is 6.98. The van der Waals surface area contributed by atoms with E-state index < -0.39 is 5.97 Å². The molecule has 1 aliphatic heterocycles. The molecular formula is C21H30N2O3. The standard InChI is InChI=1S/C19H24N2O3.C2H6/c1-4-24-19(23)16-12-21(14-7-9-20(3)10-8-14)17-6-5-13(2)11-15(17)18(16)22;1-2/h5-6,11-12,14H,4,7-10H2,1-3H3;1-2H3. The first-order chi connectivity index (χ1) is 12.5. The van der Waals surface area contributed by atoms with Gasteiger partial charge in [0.2, 0.25) is 5.43 Å². The first kappa shape index (κ1) is 20.2. The number of carbonyl (C=O) groups excluding carboxylic acids is 1. The van der Waals surface area contributed by atoms with Gasteiger partial charge in [-0.15, -0.1) is 0 Å². The monoisotopic (exact) mass is 358 g/mol. The zero-order chi connectivity index (χ0) is 19.3. The summed E-state index contributed by atoms with van der Waals surface area (Å²) in [6, 6.07) is 6.16. The van der Waals surface area contributed by atoms with E-state index in [-0.39, 0.29) is 17.6 Å². The number of esters is 1. The number of ether oxygens (including phenoxy) is 1. The molecule has 3 rings (SSSR count). The van der Waals surface area contributed by atoms with Gasteiger partial charge in [-0.2, -0.15) is 0 Å². The van der Waals surface area contributed by atoms with Crippen molar-refractivity contribution in [2.45, 2.75) is 46.6 Å². The van der Waals surface area contributed by atoms with Crippen LogP contribution in [-0.2, 0) is 4.74 Å². The number of hydrogen-bond acceptors (Lipinski definition) is 4. The van der Waals surface area contributed by atoms with Crippen molar-refractivity contribution in [1.29, 1.82) is 0 Å². The van der Waals surface area contributed by atoms with Gasteiger partial charge in [0.15, 0.2) is 0 Å². The minimum Gasteiger partial charge on any atom is -0.462 e. The Morgan fingerprint density at radius 3 is 2.50 bits per heavy atom. The van der Waals surface area contributed by atoms with E-state index in [2.05, 4.69) is 16.5 Å². The van der Waals surface area contributed by atoms with Crippen molar-refractivity contribution in [3.63, 3.8) is 0 Å². The van der Waals surface area contributed by atoms with Crippen LogP contribution in [0.4, 0.5) is 0 Å². The third-order valence-electron chi connectivity index (χ3n) is 4.76. The zero-order valence-corrected chi connectivity index (χ0v) is 16.5. The number of nitrogens with zero attached hydrogens (tertiary/aromatic N) is 2. The molecular weight excluding hydrogens is 328 g/mol. The van der Waals surface area contributed by atoms with E-state index in [1.54, 1.807) is 13.1 Å². The van der Waals surface area contributed by atoms with Crippen LogP contribution in [0, 0.1) is 6.92 Å². The van der Waals surface area contributed by atoms with Gasteiger partial charge in [-0.3, -0.25) is 4.79 Å². The first-order valence-corrected chi connectivity index (χ1v) is 9.52. The van der Waals surface area contributed by atoms with Crippen molar-refractivity contribution >= 4 is 16.9 Å². The van der Waals surface area contributed by atoms with Crippen LogP contribution in [0.15, 0.2) is 29.2 Å². The number of fused-ring (bicyclic) bond motifs is 1. The van der Waals surface area contributed by atoms with Crippen molar-refractivity contribution in [2.24, 2.45) is 0 Å². The van der Waals surface area contributed by atoms with Crippen molar-refractivity contribution in [2.75, 3.05) is 26.7 Å². The topological polar surface area (TPSA) is 51.5 Å². The highest BCUT2D eigenvalue weighted by molar-refractivity contribution is 5.94. The molecule has 2 aromatic rings. The molecule has 0 unspecified atom stereocenters. The highest BCUT2D eigenvalue weighted by Gasteiger charge is 2.23. The van der Waals surface area contributed by atoms with E-state index in [9.17, 15) is 9.59 Å². The van der Waals surface area contributed by atoms with Gasteiger partial charge < -0.3 is 14.2 Å². The molecule has 1 aromatic carbocycles. The quantitative estimate of drug-likeness (QED) is 0.784. The molecule has 0 spiro atoms. The largest absolute Gasteiger partial charge is 0.462 e. The lowest BCUT2D eigenvalue weighted by atomic mass is 10.0. The fourth-order valence-electron chi connectivity index (χ4n) is 3.40. The molecule has 0 amide bonds. The number of piperidine rings is 1. The predicted molar refractivity (Wildman–Crippen MR) is 106 cm³/mol. The van der Waals surface area contributed by atoms with Gasteiger partial charge in [-0.05, 0) is 59.0 Å². The van der Waals surface area contributed by atoms with Crippen LogP contribution in [0.25, 0.3) is 10.9 Å². The van der Waals surface area contributed by atoms with Gasteiger partial charge in [0.25, 0.3) is 0 Å². The van der Waals surface area contributed by atoms with Crippen LogP contribution in [0.2, 0.25) is 0 Å². The molecule has 0 bridgehead atoms. The van der Waals surface area contributed by atoms with E-state index in [4.69, 9.17) is 4.74 Å². The van der Waals surface area contributed by atoms with E-state index in [1.165, 1.54) is 0 Å². The lowest BCUT2D eigenvalue weighted by molar-refractivity contribution is 0.0524. The molecule has 0 radical (unpaired) electrons. The third-order valence-corrected chi connectivity index (χ3v) is 4.76. The van der Waals surface area contributed by atoms with Gasteiger partial charge >= 0.3 is 5.97 Å². The van der Waals surface area contributed by atoms with Crippen molar-refractivity contribution in [1.82, 2.24) is 9.47 Å². The van der Waals surface area contributed by atoms with Crippen molar-refractivity contribution in [3.05, 3.63) is 45.7 Å². The van der Waals surface area contributed by atoms with Gasteiger partial charge in [0.05, 0.1) is 12.1 Å². The summed E-state index contributed by atoms with van der Waals surface area (Å²) in [7, 11) is 2.12. The Labute approximate surface area is 155 Å². The van der Waals surface area contributed by atoms with E-state index in [1.807, 2.05) is 39.0 Å². The highest BCUT2D eigenvalue weighted by atomic mass is 16.5. The van der Waals surface area contributed by atoms with Crippen LogP contribution >= 0.6 is 0 Å². The fraction of sp³-hybridized carbons (Fsp3) is 0.524. The molecule has 142 valence electrons. The first-order valence-electron chi connectivity index (χ1n) is 9.52. The maximum absolute atomic E-state index is 12.8. The summed E-state index contributed by atoms with van der Waals surface area (Å²) in [6.07, 6.45) is 3.71. The molecule has 1 saturated heterocycles. The van der Waals surface area contributed by atoms with Crippen molar-refractivity contribution < 1.29 is 9.53 Å². The molecule has 5 nitrogen and oxygen atoms in total. The summed E-state index contributed by atoms with van der Waals surface area (Å²) in [5.41, 5.74) is 1.80. The maximum atomic E-state index is 12.8. The van der Waals surface area contributed by atoms with Crippen LogP contribution in [-0.4, -0.2) is 42.2 Å². The number of pyridine rings is 1. The summed E-state index contributed by atoms with van der Waals surface area (Å²) in [6.45, 7) is 9.99. The highest BCUT2D eigenvalue weighted by Crippen LogP contribution is 2.26. The number of benzene rings is 1. The molecule has 1 aromatic heterocycles. The van der Waals surface area contributed by atoms with Crippen LogP contribution < -0.4 is 5.43 Å². The summed E-state index contributed by atoms with van der Waals surface area (Å²) >= 11 is 0. The second kappa shape index (κ2) is 8.99. The summed E-state index contributed by atoms with van der Waals surface area (Å²) in [5, 5.41) is 0.597. The normalized spacial score (nSPS) is 15.4. The maximum Gasteiger partial charge on any atom is 0.343 e. The van der Waals surface area contributed by atoms with Gasteiger partial charge in [-0.25, -0.2) is 4.79 Å². The second-order valence-corrected chi connectivity index (χ2v) is 6.55. The molecule has 1 fully saturated rings. The molecule has 0 N–H and O–H groups in total. The van der Waals surface area contributed by atoms with Crippen LogP contribution in [0.5, 0.6) is 0 Å². The molecule has 26 heavy (non-hydrogen) atoms. The Morgan fingerprint density at radius 1 is 1.23 bits per heavy atom. The fourth-order valence-corrected chi connectivity index (χ4v) is 3.40. The number of hydrogen-bond donors (Lipinski definition) is 0. The van der Waals surface area contributed by atoms with Crippen LogP contribution in [0.1, 0.15) is 55.6 Å². The smallest absolute Gasteiger partial charge is 0.343 e. The molecule has 0 aliphatic carbocycles.